The van der Waals surface area contributed by atoms with Gasteiger partial charge in [-0.15, -0.1) is 0 Å². The number of esters is 1. The molecule has 0 spiro atoms. The maximum absolute atomic E-state index is 11.5. The summed E-state index contributed by atoms with van der Waals surface area (Å²) in [6, 6.07) is 14.7. The molecule has 3 aromatic rings. The van der Waals surface area contributed by atoms with Crippen LogP contribution in [0.1, 0.15) is 16.7 Å². The van der Waals surface area contributed by atoms with E-state index >= 15 is 0 Å². The van der Waals surface area contributed by atoms with Gasteiger partial charge in [-0.3, -0.25) is 4.79 Å². The fourth-order valence-corrected chi connectivity index (χ4v) is 3.00. The Labute approximate surface area is 124 Å². The number of benzene rings is 3. The van der Waals surface area contributed by atoms with Gasteiger partial charge in [0, 0.05) is 0 Å². The van der Waals surface area contributed by atoms with Crippen LogP contribution in [0.25, 0.3) is 21.5 Å². The first-order valence-corrected chi connectivity index (χ1v) is 7.09. The molecule has 0 radical (unpaired) electrons. The van der Waals surface area contributed by atoms with Crippen molar-refractivity contribution in [3.05, 3.63) is 59.2 Å². The van der Waals surface area contributed by atoms with Gasteiger partial charge in [-0.25, -0.2) is 0 Å². The minimum absolute atomic E-state index is 0.204. The Bertz CT molecular complexity index is 847. The molecule has 0 aliphatic carbocycles. The lowest BCUT2D eigenvalue weighted by molar-refractivity contribution is -0.139. The summed E-state index contributed by atoms with van der Waals surface area (Å²) in [5, 5.41) is 5.04. The predicted molar refractivity (Wildman–Crippen MR) is 86.6 cm³/mol. The van der Waals surface area contributed by atoms with Crippen molar-refractivity contribution in [2.45, 2.75) is 20.3 Å². The molecule has 3 aromatic carbocycles. The predicted octanol–water partition coefficient (Wildman–Crippen LogP) is 4.33. The third kappa shape index (κ3) is 2.27. The van der Waals surface area contributed by atoms with E-state index in [2.05, 4.69) is 50.2 Å². The number of fused-ring (bicyclic) bond motifs is 2. The standard InChI is InChI=1S/C19H18O2/c1-12-15-6-4-5-7-16(15)13(2)18-10-14(8-9-17(12)18)11-19(20)21-3/h4-10H,11H2,1-3H3. The Kier molecular flexibility index (Phi) is 3.38. The summed E-state index contributed by atoms with van der Waals surface area (Å²) >= 11 is 0. The topological polar surface area (TPSA) is 26.3 Å². The normalized spacial score (nSPS) is 11.0. The van der Waals surface area contributed by atoms with Crippen LogP contribution < -0.4 is 0 Å². The number of hydrogen-bond acceptors (Lipinski definition) is 2. The Morgan fingerprint density at radius 2 is 1.48 bits per heavy atom. The van der Waals surface area contributed by atoms with E-state index < -0.39 is 0 Å². The van der Waals surface area contributed by atoms with Crippen LogP contribution in [0.4, 0.5) is 0 Å². The third-order valence-corrected chi connectivity index (χ3v) is 4.20. The van der Waals surface area contributed by atoms with Crippen LogP contribution in [-0.4, -0.2) is 13.1 Å². The van der Waals surface area contributed by atoms with E-state index in [1.54, 1.807) is 0 Å². The van der Waals surface area contributed by atoms with E-state index in [0.29, 0.717) is 6.42 Å². The summed E-state index contributed by atoms with van der Waals surface area (Å²) in [7, 11) is 1.42. The largest absolute Gasteiger partial charge is 0.469 e. The van der Waals surface area contributed by atoms with Crippen molar-refractivity contribution in [3.63, 3.8) is 0 Å². The first-order valence-electron chi connectivity index (χ1n) is 7.09. The second kappa shape index (κ2) is 5.21. The van der Waals surface area contributed by atoms with Crippen molar-refractivity contribution in [2.75, 3.05) is 7.11 Å². The second-order valence-corrected chi connectivity index (χ2v) is 5.43. The average molecular weight is 278 g/mol. The summed E-state index contributed by atoms with van der Waals surface area (Å²) in [6.07, 6.45) is 0.317. The Hall–Kier alpha value is -2.35. The quantitative estimate of drug-likeness (QED) is 0.515. The molecule has 0 aliphatic rings. The lowest BCUT2D eigenvalue weighted by Gasteiger charge is -2.13. The highest BCUT2D eigenvalue weighted by Gasteiger charge is 2.10. The summed E-state index contributed by atoms with van der Waals surface area (Å²) in [5.74, 6) is -0.204. The van der Waals surface area contributed by atoms with Gasteiger partial charge in [-0.2, -0.15) is 0 Å². The van der Waals surface area contributed by atoms with Crippen molar-refractivity contribution < 1.29 is 9.53 Å². The molecule has 2 heteroatoms. The van der Waals surface area contributed by atoms with E-state index in [-0.39, 0.29) is 5.97 Å². The van der Waals surface area contributed by atoms with Crippen LogP contribution in [0.5, 0.6) is 0 Å². The molecule has 2 nitrogen and oxygen atoms in total. The zero-order valence-corrected chi connectivity index (χ0v) is 12.6. The summed E-state index contributed by atoms with van der Waals surface area (Å²) < 4.78 is 4.75. The average Bonchev–Trinajstić information content (AvgIpc) is 2.52. The van der Waals surface area contributed by atoms with E-state index in [1.165, 1.54) is 39.8 Å². The van der Waals surface area contributed by atoms with Crippen LogP contribution in [0.15, 0.2) is 42.5 Å². The van der Waals surface area contributed by atoms with Crippen molar-refractivity contribution in [1.82, 2.24) is 0 Å². The number of carbonyl (C=O) groups is 1. The first-order chi connectivity index (χ1) is 10.1. The highest BCUT2D eigenvalue weighted by molar-refractivity contribution is 6.05. The molecule has 0 fully saturated rings. The Morgan fingerprint density at radius 1 is 0.905 bits per heavy atom. The molecule has 0 saturated heterocycles. The van der Waals surface area contributed by atoms with Crippen LogP contribution in [-0.2, 0) is 16.0 Å². The molecule has 0 atom stereocenters. The van der Waals surface area contributed by atoms with Crippen molar-refractivity contribution in [3.8, 4) is 0 Å². The van der Waals surface area contributed by atoms with Crippen molar-refractivity contribution in [2.24, 2.45) is 0 Å². The number of ether oxygens (including phenoxy) is 1. The Morgan fingerprint density at radius 3 is 2.10 bits per heavy atom. The van der Waals surface area contributed by atoms with Crippen LogP contribution >= 0.6 is 0 Å². The molecule has 0 heterocycles. The molecule has 0 unspecified atom stereocenters. The minimum Gasteiger partial charge on any atom is -0.469 e. The molecule has 106 valence electrons. The maximum Gasteiger partial charge on any atom is 0.309 e. The SMILES string of the molecule is COC(=O)Cc1ccc2c(C)c3ccccc3c(C)c2c1. The second-order valence-electron chi connectivity index (χ2n) is 5.43. The van der Waals surface area contributed by atoms with Crippen LogP contribution in [0.3, 0.4) is 0 Å². The first kappa shape index (κ1) is 13.6. The molecular formula is C19H18O2. The van der Waals surface area contributed by atoms with E-state index in [4.69, 9.17) is 4.74 Å². The molecule has 21 heavy (non-hydrogen) atoms. The molecule has 0 saturated carbocycles. The molecule has 0 amide bonds. The lowest BCUT2D eigenvalue weighted by atomic mass is 9.92. The molecule has 0 aliphatic heterocycles. The minimum atomic E-state index is -0.204. The van der Waals surface area contributed by atoms with Gasteiger partial charge in [-0.1, -0.05) is 42.5 Å². The number of hydrogen-bond donors (Lipinski definition) is 0. The van der Waals surface area contributed by atoms with E-state index in [1.807, 2.05) is 6.07 Å². The summed E-state index contributed by atoms with van der Waals surface area (Å²) in [6.45, 7) is 4.30. The molecule has 0 aromatic heterocycles. The molecule has 0 N–H and O–H groups in total. The number of rotatable bonds is 2. The van der Waals surface area contributed by atoms with Gasteiger partial charge in [0.2, 0.25) is 0 Å². The summed E-state index contributed by atoms with van der Waals surface area (Å²) in [5.41, 5.74) is 3.54. The van der Waals surface area contributed by atoms with Gasteiger partial charge in [0.1, 0.15) is 0 Å². The number of methoxy groups -OCH3 is 1. The van der Waals surface area contributed by atoms with Crippen molar-refractivity contribution in [1.29, 1.82) is 0 Å². The zero-order chi connectivity index (χ0) is 15.0. The van der Waals surface area contributed by atoms with Crippen LogP contribution in [0, 0.1) is 13.8 Å². The van der Waals surface area contributed by atoms with Gasteiger partial charge in [0.25, 0.3) is 0 Å². The van der Waals surface area contributed by atoms with Gasteiger partial charge < -0.3 is 4.74 Å². The highest BCUT2D eigenvalue weighted by Crippen LogP contribution is 2.32. The van der Waals surface area contributed by atoms with Gasteiger partial charge in [-0.05, 0) is 52.1 Å². The number of carbonyl (C=O) groups excluding carboxylic acids is 1. The number of aryl methyl sites for hydroxylation is 2. The highest BCUT2D eigenvalue weighted by atomic mass is 16.5. The van der Waals surface area contributed by atoms with Gasteiger partial charge in [0.15, 0.2) is 0 Å². The van der Waals surface area contributed by atoms with Crippen LogP contribution in [0.2, 0.25) is 0 Å². The Balaban J connectivity index is 2.28. The van der Waals surface area contributed by atoms with Crippen molar-refractivity contribution >= 4 is 27.5 Å². The monoisotopic (exact) mass is 278 g/mol. The maximum atomic E-state index is 11.5. The van der Waals surface area contributed by atoms with Gasteiger partial charge in [0.05, 0.1) is 13.5 Å². The smallest absolute Gasteiger partial charge is 0.309 e. The molecular weight excluding hydrogens is 260 g/mol. The lowest BCUT2D eigenvalue weighted by Crippen LogP contribution is -2.04. The fourth-order valence-electron chi connectivity index (χ4n) is 3.00. The third-order valence-electron chi connectivity index (χ3n) is 4.20. The summed E-state index contributed by atoms with van der Waals surface area (Å²) in [4.78, 5) is 11.5. The molecule has 3 rings (SSSR count). The van der Waals surface area contributed by atoms with E-state index in [9.17, 15) is 4.79 Å². The van der Waals surface area contributed by atoms with E-state index in [0.717, 1.165) is 5.56 Å². The fraction of sp³-hybridized carbons (Fsp3) is 0.211. The van der Waals surface area contributed by atoms with Gasteiger partial charge >= 0.3 is 5.97 Å². The zero-order valence-electron chi connectivity index (χ0n) is 12.6. The molecule has 0 bridgehead atoms.